The quantitative estimate of drug-likeness (QED) is 0.932. The molecule has 2 aromatic rings. The molecule has 1 aliphatic rings. The molecule has 0 spiro atoms. The number of anilines is 2. The summed E-state index contributed by atoms with van der Waals surface area (Å²) in [5.41, 5.74) is 0. The number of benzene rings is 1. The number of nitrogens with zero attached hydrogens (tertiary/aromatic N) is 4. The van der Waals surface area contributed by atoms with Crippen LogP contribution in [0.5, 0.6) is 0 Å². The first kappa shape index (κ1) is 14.4. The smallest absolute Gasteiger partial charge is 0.231 e. The standard InChI is InChI=1S/C14H16ClN5S/c1-16-12-17-13(20-8-4-5-9-20)19-14(18-12)21-11-7-3-2-6-10(11)15/h2-3,6-7H,4-5,8-9H2,1H3,(H,16,17,18,19). The summed E-state index contributed by atoms with van der Waals surface area (Å²) in [5, 5.41) is 4.36. The Hall–Kier alpha value is -1.53. The van der Waals surface area contributed by atoms with Gasteiger partial charge in [0, 0.05) is 25.0 Å². The van der Waals surface area contributed by atoms with Crippen LogP contribution in [0.3, 0.4) is 0 Å². The molecule has 1 aromatic carbocycles. The van der Waals surface area contributed by atoms with Crippen molar-refractivity contribution in [2.24, 2.45) is 0 Å². The van der Waals surface area contributed by atoms with Gasteiger partial charge in [0.25, 0.3) is 0 Å². The number of hydrogen-bond donors (Lipinski definition) is 1. The van der Waals surface area contributed by atoms with E-state index in [0.717, 1.165) is 23.9 Å². The number of halogens is 1. The largest absolute Gasteiger partial charge is 0.357 e. The van der Waals surface area contributed by atoms with Crippen LogP contribution in [0, 0.1) is 0 Å². The Morgan fingerprint density at radius 1 is 1.14 bits per heavy atom. The molecule has 0 bridgehead atoms. The first-order valence-electron chi connectivity index (χ1n) is 6.87. The molecule has 3 rings (SSSR count). The fourth-order valence-corrected chi connectivity index (χ4v) is 3.21. The zero-order valence-electron chi connectivity index (χ0n) is 11.7. The minimum Gasteiger partial charge on any atom is -0.357 e. The highest BCUT2D eigenvalue weighted by atomic mass is 35.5. The van der Waals surface area contributed by atoms with Crippen molar-refractivity contribution in [1.82, 2.24) is 15.0 Å². The van der Waals surface area contributed by atoms with E-state index in [1.165, 1.54) is 24.6 Å². The summed E-state index contributed by atoms with van der Waals surface area (Å²) in [6.07, 6.45) is 2.38. The van der Waals surface area contributed by atoms with E-state index < -0.39 is 0 Å². The predicted octanol–water partition coefficient (Wildman–Crippen LogP) is 3.32. The maximum Gasteiger partial charge on any atom is 0.231 e. The minimum atomic E-state index is 0.585. The number of rotatable bonds is 4. The van der Waals surface area contributed by atoms with Crippen LogP contribution >= 0.6 is 23.4 Å². The molecule has 1 N–H and O–H groups in total. The average Bonchev–Trinajstić information content (AvgIpc) is 3.04. The normalized spacial score (nSPS) is 14.5. The van der Waals surface area contributed by atoms with Crippen molar-refractivity contribution in [2.75, 3.05) is 30.4 Å². The summed E-state index contributed by atoms with van der Waals surface area (Å²) in [6.45, 7) is 2.01. The topological polar surface area (TPSA) is 53.9 Å². The maximum atomic E-state index is 6.20. The first-order valence-corrected chi connectivity index (χ1v) is 8.07. The third kappa shape index (κ3) is 3.39. The first-order chi connectivity index (χ1) is 10.3. The van der Waals surface area contributed by atoms with Crippen LogP contribution in [0.15, 0.2) is 34.3 Å². The van der Waals surface area contributed by atoms with Crippen LogP contribution < -0.4 is 10.2 Å². The van der Waals surface area contributed by atoms with Gasteiger partial charge in [-0.25, -0.2) is 0 Å². The Balaban J connectivity index is 1.90. The van der Waals surface area contributed by atoms with Crippen LogP contribution in [0.2, 0.25) is 5.02 Å². The van der Waals surface area contributed by atoms with Crippen molar-refractivity contribution in [2.45, 2.75) is 22.9 Å². The van der Waals surface area contributed by atoms with Gasteiger partial charge >= 0.3 is 0 Å². The van der Waals surface area contributed by atoms with Gasteiger partial charge in [0.2, 0.25) is 11.9 Å². The van der Waals surface area contributed by atoms with Gasteiger partial charge in [0.05, 0.1) is 5.02 Å². The van der Waals surface area contributed by atoms with Gasteiger partial charge < -0.3 is 10.2 Å². The van der Waals surface area contributed by atoms with Crippen molar-refractivity contribution in [3.8, 4) is 0 Å². The van der Waals surface area contributed by atoms with E-state index in [1.54, 1.807) is 0 Å². The molecule has 110 valence electrons. The summed E-state index contributed by atoms with van der Waals surface area (Å²) < 4.78 is 0. The molecule has 1 fully saturated rings. The fraction of sp³-hybridized carbons (Fsp3) is 0.357. The Morgan fingerprint density at radius 3 is 2.62 bits per heavy atom. The second kappa shape index (κ2) is 6.49. The monoisotopic (exact) mass is 321 g/mol. The zero-order chi connectivity index (χ0) is 14.7. The molecule has 1 saturated heterocycles. The summed E-state index contributed by atoms with van der Waals surface area (Å²) in [6, 6.07) is 7.70. The van der Waals surface area contributed by atoms with Gasteiger partial charge in [-0.1, -0.05) is 23.7 Å². The molecule has 0 amide bonds. The van der Waals surface area contributed by atoms with Gasteiger partial charge in [-0.2, -0.15) is 15.0 Å². The molecular weight excluding hydrogens is 306 g/mol. The van der Waals surface area contributed by atoms with Gasteiger partial charge in [-0.05, 0) is 36.7 Å². The van der Waals surface area contributed by atoms with Crippen LogP contribution in [-0.4, -0.2) is 35.1 Å². The van der Waals surface area contributed by atoms with E-state index >= 15 is 0 Å². The van der Waals surface area contributed by atoms with Crippen LogP contribution in [0.4, 0.5) is 11.9 Å². The van der Waals surface area contributed by atoms with E-state index in [9.17, 15) is 0 Å². The SMILES string of the molecule is CNc1nc(Sc2ccccc2Cl)nc(N2CCCC2)n1. The van der Waals surface area contributed by atoms with E-state index in [4.69, 9.17) is 11.6 Å². The van der Waals surface area contributed by atoms with E-state index in [2.05, 4.69) is 25.2 Å². The van der Waals surface area contributed by atoms with Crippen molar-refractivity contribution in [3.05, 3.63) is 29.3 Å². The molecule has 7 heteroatoms. The highest BCUT2D eigenvalue weighted by molar-refractivity contribution is 7.99. The van der Waals surface area contributed by atoms with Crippen molar-refractivity contribution >= 4 is 35.3 Å². The molecule has 1 aromatic heterocycles. The van der Waals surface area contributed by atoms with E-state index in [1.807, 2.05) is 31.3 Å². The second-order valence-corrected chi connectivity index (χ2v) is 6.13. The summed E-state index contributed by atoms with van der Waals surface area (Å²) >= 11 is 7.65. The molecule has 0 radical (unpaired) electrons. The lowest BCUT2D eigenvalue weighted by Crippen LogP contribution is -2.21. The predicted molar refractivity (Wildman–Crippen MR) is 86.4 cm³/mol. The number of nitrogens with one attached hydrogen (secondary N) is 1. The van der Waals surface area contributed by atoms with Gasteiger partial charge in [0.15, 0.2) is 5.16 Å². The van der Waals surface area contributed by atoms with Crippen molar-refractivity contribution in [3.63, 3.8) is 0 Å². The second-order valence-electron chi connectivity index (χ2n) is 4.72. The summed E-state index contributed by atoms with van der Waals surface area (Å²) in [4.78, 5) is 16.6. The molecule has 0 unspecified atom stereocenters. The maximum absolute atomic E-state index is 6.20. The van der Waals surface area contributed by atoms with Crippen molar-refractivity contribution in [1.29, 1.82) is 0 Å². The van der Waals surface area contributed by atoms with Gasteiger partial charge in [0.1, 0.15) is 0 Å². The van der Waals surface area contributed by atoms with Gasteiger partial charge in [-0.15, -0.1) is 0 Å². The molecule has 0 aliphatic carbocycles. The number of aromatic nitrogens is 3. The molecule has 21 heavy (non-hydrogen) atoms. The summed E-state index contributed by atoms with van der Waals surface area (Å²) in [7, 11) is 1.81. The van der Waals surface area contributed by atoms with Gasteiger partial charge in [-0.3, -0.25) is 0 Å². The summed E-state index contributed by atoms with van der Waals surface area (Å²) in [5.74, 6) is 1.32. The molecular formula is C14H16ClN5S. The van der Waals surface area contributed by atoms with E-state index in [-0.39, 0.29) is 0 Å². The lowest BCUT2D eigenvalue weighted by Gasteiger charge is -2.16. The van der Waals surface area contributed by atoms with Crippen LogP contribution in [0.25, 0.3) is 0 Å². The van der Waals surface area contributed by atoms with Crippen LogP contribution in [-0.2, 0) is 0 Å². The molecule has 1 aliphatic heterocycles. The highest BCUT2D eigenvalue weighted by Gasteiger charge is 2.17. The average molecular weight is 322 g/mol. The molecule has 0 saturated carbocycles. The lowest BCUT2D eigenvalue weighted by molar-refractivity contribution is 0.830. The fourth-order valence-electron chi connectivity index (χ4n) is 2.19. The Bertz CT molecular complexity index is 631. The van der Waals surface area contributed by atoms with Crippen molar-refractivity contribution < 1.29 is 0 Å². The Labute approximate surface area is 133 Å². The minimum absolute atomic E-state index is 0.585. The van der Waals surface area contributed by atoms with Crippen LogP contribution in [0.1, 0.15) is 12.8 Å². The Kier molecular flexibility index (Phi) is 4.45. The third-order valence-electron chi connectivity index (χ3n) is 3.25. The van der Waals surface area contributed by atoms with E-state index in [0.29, 0.717) is 16.1 Å². The molecule has 5 nitrogen and oxygen atoms in total. The third-order valence-corrected chi connectivity index (χ3v) is 4.64. The lowest BCUT2D eigenvalue weighted by atomic mass is 10.4. The molecule has 0 atom stereocenters. The zero-order valence-corrected chi connectivity index (χ0v) is 13.3. The molecule has 2 heterocycles. The number of hydrogen-bond acceptors (Lipinski definition) is 6. The highest BCUT2D eigenvalue weighted by Crippen LogP contribution is 2.32. The Morgan fingerprint density at radius 2 is 1.90 bits per heavy atom.